The molecule has 3 aromatic heterocycles. The van der Waals surface area contributed by atoms with Crippen molar-refractivity contribution in [3.8, 4) is 56.2 Å². The lowest BCUT2D eigenvalue weighted by molar-refractivity contribution is 0.669. The van der Waals surface area contributed by atoms with Gasteiger partial charge in [-0.15, -0.1) is 11.3 Å². The first kappa shape index (κ1) is 28.6. The Morgan fingerprint density at radius 3 is 1.86 bits per heavy atom. The molecule has 0 unspecified atom stereocenters. The number of para-hydroxylation sites is 1. The molecule has 7 aromatic carbocycles. The number of rotatable bonds is 5. The van der Waals surface area contributed by atoms with Crippen LogP contribution in [-0.4, -0.2) is 9.97 Å². The van der Waals surface area contributed by atoms with Crippen molar-refractivity contribution in [3.63, 3.8) is 0 Å². The lowest BCUT2D eigenvalue weighted by atomic mass is 9.94. The highest BCUT2D eigenvalue weighted by Gasteiger charge is 2.17. The molecule has 0 saturated carbocycles. The maximum absolute atomic E-state index is 6.15. The Kier molecular flexibility index (Phi) is 6.68. The fourth-order valence-corrected chi connectivity index (χ4v) is 8.29. The van der Waals surface area contributed by atoms with Gasteiger partial charge in [-0.2, -0.15) is 0 Å². The van der Waals surface area contributed by atoms with Crippen molar-refractivity contribution in [2.75, 3.05) is 0 Å². The molecule has 4 heteroatoms. The minimum absolute atomic E-state index is 0.673. The van der Waals surface area contributed by atoms with Crippen molar-refractivity contribution in [2.24, 2.45) is 0 Å². The Morgan fingerprint density at radius 2 is 1.02 bits per heavy atom. The summed E-state index contributed by atoms with van der Waals surface area (Å²) in [6.45, 7) is 0. The summed E-state index contributed by atoms with van der Waals surface area (Å²) in [5, 5.41) is 4.72. The molecule has 0 radical (unpaired) electrons. The van der Waals surface area contributed by atoms with E-state index in [1.807, 2.05) is 41.7 Å². The Hall–Kier alpha value is -6.36. The summed E-state index contributed by atoms with van der Waals surface area (Å²) < 4.78 is 8.74. The van der Waals surface area contributed by atoms with Gasteiger partial charge in [-0.05, 0) is 76.9 Å². The van der Waals surface area contributed by atoms with Crippen molar-refractivity contribution >= 4 is 53.4 Å². The molecule has 0 aliphatic carbocycles. The topological polar surface area (TPSA) is 38.9 Å². The Morgan fingerprint density at radius 1 is 0.380 bits per heavy atom. The molecule has 0 bridgehead atoms. The molecule has 0 atom stereocenters. The number of nitrogens with zero attached hydrogens (tertiary/aromatic N) is 2. The Balaban J connectivity index is 1.21. The molecule has 0 N–H and O–H groups in total. The molecule has 0 fully saturated rings. The Labute approximate surface area is 292 Å². The fourth-order valence-electron chi connectivity index (χ4n) is 7.05. The number of furan rings is 1. The second-order valence-electron chi connectivity index (χ2n) is 12.6. The lowest BCUT2D eigenvalue weighted by Gasteiger charge is -2.14. The van der Waals surface area contributed by atoms with E-state index in [9.17, 15) is 0 Å². The van der Waals surface area contributed by atoms with E-state index in [0.717, 1.165) is 66.7 Å². The largest absolute Gasteiger partial charge is 0.456 e. The highest BCUT2D eigenvalue weighted by molar-refractivity contribution is 7.26. The van der Waals surface area contributed by atoms with Crippen LogP contribution >= 0.6 is 11.3 Å². The summed E-state index contributed by atoms with van der Waals surface area (Å²) in [6, 6.07) is 59.7. The molecule has 3 nitrogen and oxygen atoms in total. The maximum atomic E-state index is 6.15. The third-order valence-corrected chi connectivity index (χ3v) is 10.7. The standard InChI is InChI=1S/C46H28N2OS/c1-3-12-29(13-4-1)32-24-33(35-18-11-19-38-37-17-8-10-21-44(37)50-45(35)38)26-34(25-32)41-28-40(30-14-5-2-6-15-30)47-46(48-41)31-22-23-43-39(27-31)36-16-7-9-20-42(36)49-43/h1-28H. The normalized spacial score (nSPS) is 11.6. The third-order valence-electron chi connectivity index (χ3n) is 9.48. The van der Waals surface area contributed by atoms with Crippen LogP contribution in [0.25, 0.3) is 98.3 Å². The van der Waals surface area contributed by atoms with Crippen molar-refractivity contribution in [3.05, 3.63) is 170 Å². The quantitative estimate of drug-likeness (QED) is 0.185. The van der Waals surface area contributed by atoms with Crippen LogP contribution in [0.3, 0.4) is 0 Å². The SMILES string of the molecule is c1ccc(-c2cc(-c3cc(-c4ccccc4)nc(-c4ccc5oc6ccccc6c5c4)n3)cc(-c3cccc4c3sc3ccccc34)c2)cc1. The van der Waals surface area contributed by atoms with Gasteiger partial charge in [-0.1, -0.05) is 115 Å². The number of aromatic nitrogens is 2. The van der Waals surface area contributed by atoms with Gasteiger partial charge in [0.2, 0.25) is 0 Å². The van der Waals surface area contributed by atoms with E-state index < -0.39 is 0 Å². The van der Waals surface area contributed by atoms with Crippen LogP contribution < -0.4 is 0 Å². The van der Waals surface area contributed by atoms with Crippen LogP contribution in [0.4, 0.5) is 0 Å². The molecule has 0 amide bonds. The number of benzene rings is 7. The van der Waals surface area contributed by atoms with E-state index in [2.05, 4.69) is 140 Å². The van der Waals surface area contributed by atoms with Crippen molar-refractivity contribution in [1.29, 1.82) is 0 Å². The van der Waals surface area contributed by atoms with Gasteiger partial charge >= 0.3 is 0 Å². The second-order valence-corrected chi connectivity index (χ2v) is 13.6. The average molecular weight is 657 g/mol. The highest BCUT2D eigenvalue weighted by atomic mass is 32.1. The van der Waals surface area contributed by atoms with E-state index in [4.69, 9.17) is 14.4 Å². The van der Waals surface area contributed by atoms with Crippen molar-refractivity contribution < 1.29 is 4.42 Å². The summed E-state index contributed by atoms with van der Waals surface area (Å²) in [7, 11) is 0. The smallest absolute Gasteiger partial charge is 0.160 e. The van der Waals surface area contributed by atoms with Crippen LogP contribution in [0.15, 0.2) is 174 Å². The van der Waals surface area contributed by atoms with Crippen LogP contribution in [0.5, 0.6) is 0 Å². The van der Waals surface area contributed by atoms with Crippen LogP contribution in [0.2, 0.25) is 0 Å². The van der Waals surface area contributed by atoms with Gasteiger partial charge in [-0.3, -0.25) is 0 Å². The van der Waals surface area contributed by atoms with Crippen molar-refractivity contribution in [2.45, 2.75) is 0 Å². The molecule has 0 aliphatic heterocycles. The summed E-state index contributed by atoms with van der Waals surface area (Å²) in [5.41, 5.74) is 11.2. The predicted molar refractivity (Wildman–Crippen MR) is 209 cm³/mol. The molecule has 0 aliphatic rings. The maximum Gasteiger partial charge on any atom is 0.160 e. The van der Waals surface area contributed by atoms with Gasteiger partial charge in [0.15, 0.2) is 5.82 Å². The van der Waals surface area contributed by atoms with Crippen LogP contribution in [0.1, 0.15) is 0 Å². The fraction of sp³-hybridized carbons (Fsp3) is 0. The predicted octanol–water partition coefficient (Wildman–Crippen LogP) is 13.1. The van der Waals surface area contributed by atoms with E-state index in [-0.39, 0.29) is 0 Å². The third kappa shape index (κ3) is 4.89. The van der Waals surface area contributed by atoms with Gasteiger partial charge < -0.3 is 4.42 Å². The minimum Gasteiger partial charge on any atom is -0.456 e. The van der Waals surface area contributed by atoms with Crippen molar-refractivity contribution in [1.82, 2.24) is 9.97 Å². The molecule has 0 spiro atoms. The monoisotopic (exact) mass is 656 g/mol. The molecule has 50 heavy (non-hydrogen) atoms. The molecular weight excluding hydrogens is 629 g/mol. The van der Waals surface area contributed by atoms with Gasteiger partial charge in [0.05, 0.1) is 11.4 Å². The van der Waals surface area contributed by atoms with E-state index in [0.29, 0.717) is 5.82 Å². The van der Waals surface area contributed by atoms with E-state index >= 15 is 0 Å². The van der Waals surface area contributed by atoms with Gasteiger partial charge in [0, 0.05) is 47.6 Å². The minimum atomic E-state index is 0.673. The number of hydrogen-bond donors (Lipinski definition) is 0. The van der Waals surface area contributed by atoms with Gasteiger partial charge in [-0.25, -0.2) is 9.97 Å². The summed E-state index contributed by atoms with van der Waals surface area (Å²) in [4.78, 5) is 10.5. The van der Waals surface area contributed by atoms with Crippen LogP contribution in [0, 0.1) is 0 Å². The second kappa shape index (κ2) is 11.7. The molecule has 10 rings (SSSR count). The highest BCUT2D eigenvalue weighted by Crippen LogP contribution is 2.42. The van der Waals surface area contributed by atoms with Gasteiger partial charge in [0.25, 0.3) is 0 Å². The van der Waals surface area contributed by atoms with E-state index in [1.165, 1.54) is 25.7 Å². The first-order chi connectivity index (χ1) is 24.7. The zero-order chi connectivity index (χ0) is 33.0. The molecule has 10 aromatic rings. The molecule has 234 valence electrons. The first-order valence-corrected chi connectivity index (χ1v) is 17.5. The van der Waals surface area contributed by atoms with Gasteiger partial charge in [0.1, 0.15) is 11.2 Å². The van der Waals surface area contributed by atoms with Crippen LogP contribution in [-0.2, 0) is 0 Å². The zero-order valence-corrected chi connectivity index (χ0v) is 27.7. The Bertz CT molecular complexity index is 2870. The molecule has 3 heterocycles. The molecule has 0 saturated heterocycles. The number of hydrogen-bond acceptors (Lipinski definition) is 4. The molecular formula is C46H28N2OS. The first-order valence-electron chi connectivity index (χ1n) is 16.7. The number of thiophene rings is 1. The summed E-state index contributed by atoms with van der Waals surface area (Å²) in [6.07, 6.45) is 0. The summed E-state index contributed by atoms with van der Waals surface area (Å²) in [5.74, 6) is 0.673. The summed E-state index contributed by atoms with van der Waals surface area (Å²) >= 11 is 1.85. The number of fused-ring (bicyclic) bond motifs is 6. The lowest BCUT2D eigenvalue weighted by Crippen LogP contribution is -1.96. The average Bonchev–Trinajstić information content (AvgIpc) is 3.76. The van der Waals surface area contributed by atoms with E-state index in [1.54, 1.807) is 0 Å². The zero-order valence-electron chi connectivity index (χ0n) is 26.9.